The van der Waals surface area contributed by atoms with Gasteiger partial charge in [0.25, 0.3) is 5.91 Å². The number of carbonyl (C=O) groups is 2. The van der Waals surface area contributed by atoms with Gasteiger partial charge in [-0.2, -0.15) is 0 Å². The minimum Gasteiger partial charge on any atom is -0.410 e. The standard InChI is InChI=1S/C15H20N4O4/c1-19(2)7-9-6-16-10-4-3-5-12(13(9)10)23-15(21)17-11-8-22-18-14(11)20/h3-5,9,11,16H,6-8H2,1-2H3,(H,17,21)(H,18,20)/t9?,11-/m1/s1. The second-order valence-electron chi connectivity index (χ2n) is 5.92. The Balaban J connectivity index is 1.72. The quantitative estimate of drug-likeness (QED) is 0.738. The van der Waals surface area contributed by atoms with Gasteiger partial charge in [0, 0.05) is 30.3 Å². The molecule has 2 heterocycles. The molecule has 0 aromatic heterocycles. The maximum absolute atomic E-state index is 12.0. The van der Waals surface area contributed by atoms with E-state index in [1.54, 1.807) is 6.07 Å². The Morgan fingerprint density at radius 1 is 1.48 bits per heavy atom. The zero-order valence-corrected chi connectivity index (χ0v) is 13.1. The molecule has 0 bridgehead atoms. The van der Waals surface area contributed by atoms with Gasteiger partial charge in [-0.25, -0.2) is 10.3 Å². The zero-order chi connectivity index (χ0) is 16.4. The van der Waals surface area contributed by atoms with Crippen molar-refractivity contribution in [3.63, 3.8) is 0 Å². The predicted molar refractivity (Wildman–Crippen MR) is 83.3 cm³/mol. The van der Waals surface area contributed by atoms with Gasteiger partial charge in [-0.1, -0.05) is 6.07 Å². The van der Waals surface area contributed by atoms with Crippen LogP contribution in [0.3, 0.4) is 0 Å². The summed E-state index contributed by atoms with van der Waals surface area (Å²) >= 11 is 0. The van der Waals surface area contributed by atoms with E-state index in [4.69, 9.17) is 9.57 Å². The molecule has 8 nitrogen and oxygen atoms in total. The van der Waals surface area contributed by atoms with Gasteiger partial charge < -0.3 is 20.3 Å². The molecule has 8 heteroatoms. The smallest absolute Gasteiger partial charge is 0.410 e. The Bertz CT molecular complexity index is 619. The number of hydrogen-bond donors (Lipinski definition) is 3. The fraction of sp³-hybridized carbons (Fsp3) is 0.467. The molecule has 1 saturated heterocycles. The Hall–Kier alpha value is -2.32. The molecular formula is C15H20N4O4. The van der Waals surface area contributed by atoms with Gasteiger partial charge in [0.05, 0.1) is 0 Å². The molecule has 1 aromatic rings. The van der Waals surface area contributed by atoms with Crippen LogP contribution in [-0.4, -0.2) is 56.7 Å². The van der Waals surface area contributed by atoms with Crippen LogP contribution in [0.4, 0.5) is 10.5 Å². The van der Waals surface area contributed by atoms with E-state index in [0.29, 0.717) is 5.75 Å². The fourth-order valence-electron chi connectivity index (χ4n) is 2.86. The molecule has 1 fully saturated rings. The van der Waals surface area contributed by atoms with E-state index in [2.05, 4.69) is 21.0 Å². The lowest BCUT2D eigenvalue weighted by Crippen LogP contribution is -2.43. The van der Waals surface area contributed by atoms with E-state index in [0.717, 1.165) is 24.3 Å². The maximum atomic E-state index is 12.0. The average molecular weight is 320 g/mol. The predicted octanol–water partition coefficient (Wildman–Crippen LogP) is 0.276. The zero-order valence-electron chi connectivity index (χ0n) is 13.1. The van der Waals surface area contributed by atoms with Crippen molar-refractivity contribution >= 4 is 17.7 Å². The van der Waals surface area contributed by atoms with E-state index in [9.17, 15) is 9.59 Å². The summed E-state index contributed by atoms with van der Waals surface area (Å²) in [6.07, 6.45) is -0.667. The summed E-state index contributed by atoms with van der Waals surface area (Å²) < 4.78 is 5.44. The first-order chi connectivity index (χ1) is 11.0. The number of hydrogen-bond acceptors (Lipinski definition) is 6. The van der Waals surface area contributed by atoms with Gasteiger partial charge in [-0.05, 0) is 26.2 Å². The molecule has 0 spiro atoms. The average Bonchev–Trinajstić information content (AvgIpc) is 3.07. The van der Waals surface area contributed by atoms with Gasteiger partial charge in [0.2, 0.25) is 0 Å². The number of amides is 2. The Labute approximate surface area is 134 Å². The number of carbonyl (C=O) groups excluding carboxylic acids is 2. The van der Waals surface area contributed by atoms with Gasteiger partial charge in [-0.3, -0.25) is 9.63 Å². The van der Waals surface area contributed by atoms with E-state index >= 15 is 0 Å². The minimum absolute atomic E-state index is 0.0889. The highest BCUT2D eigenvalue weighted by Crippen LogP contribution is 2.38. The van der Waals surface area contributed by atoms with Crippen molar-refractivity contribution in [2.75, 3.05) is 39.1 Å². The molecule has 3 rings (SSSR count). The van der Waals surface area contributed by atoms with E-state index in [-0.39, 0.29) is 18.4 Å². The van der Waals surface area contributed by atoms with E-state index in [1.807, 2.05) is 26.2 Å². The van der Waals surface area contributed by atoms with Crippen LogP contribution >= 0.6 is 0 Å². The van der Waals surface area contributed by atoms with Crippen LogP contribution < -0.4 is 20.9 Å². The lowest BCUT2D eigenvalue weighted by molar-refractivity contribution is -0.125. The molecule has 2 atom stereocenters. The van der Waals surface area contributed by atoms with Crippen molar-refractivity contribution in [3.05, 3.63) is 23.8 Å². The Kier molecular flexibility index (Phi) is 4.35. The summed E-state index contributed by atoms with van der Waals surface area (Å²) in [5.41, 5.74) is 4.15. The summed E-state index contributed by atoms with van der Waals surface area (Å²) in [4.78, 5) is 30.3. The van der Waals surface area contributed by atoms with Gasteiger partial charge >= 0.3 is 6.09 Å². The minimum atomic E-state index is -0.727. The van der Waals surface area contributed by atoms with Crippen molar-refractivity contribution in [1.29, 1.82) is 0 Å². The normalized spacial score (nSPS) is 22.5. The molecular weight excluding hydrogens is 300 g/mol. The Morgan fingerprint density at radius 2 is 2.30 bits per heavy atom. The number of anilines is 1. The highest BCUT2D eigenvalue weighted by molar-refractivity contribution is 5.86. The number of rotatable bonds is 4. The number of nitrogens with zero attached hydrogens (tertiary/aromatic N) is 1. The number of hydroxylamine groups is 1. The third-order valence-electron chi connectivity index (χ3n) is 3.83. The van der Waals surface area contributed by atoms with Crippen LogP contribution in [0.5, 0.6) is 5.75 Å². The fourth-order valence-corrected chi connectivity index (χ4v) is 2.86. The molecule has 0 aliphatic carbocycles. The third kappa shape index (κ3) is 3.38. The van der Waals surface area contributed by atoms with Gasteiger partial charge in [-0.15, -0.1) is 0 Å². The van der Waals surface area contributed by atoms with Crippen LogP contribution in [0.25, 0.3) is 0 Å². The van der Waals surface area contributed by atoms with E-state index in [1.165, 1.54) is 0 Å². The molecule has 2 aliphatic heterocycles. The van der Waals surface area contributed by atoms with Crippen molar-refractivity contribution in [2.45, 2.75) is 12.0 Å². The molecule has 2 amide bonds. The summed E-state index contributed by atoms with van der Waals surface area (Å²) in [7, 11) is 4.01. The third-order valence-corrected chi connectivity index (χ3v) is 3.83. The molecule has 3 N–H and O–H groups in total. The van der Waals surface area contributed by atoms with Crippen LogP contribution in [0.15, 0.2) is 18.2 Å². The first kappa shape index (κ1) is 15.6. The van der Waals surface area contributed by atoms with Crippen molar-refractivity contribution in [1.82, 2.24) is 15.7 Å². The van der Waals surface area contributed by atoms with Crippen LogP contribution in [0.1, 0.15) is 11.5 Å². The summed E-state index contributed by atoms with van der Waals surface area (Å²) in [6.45, 7) is 1.74. The summed E-state index contributed by atoms with van der Waals surface area (Å²) in [5.74, 6) is 0.366. The highest BCUT2D eigenvalue weighted by atomic mass is 16.7. The summed E-state index contributed by atoms with van der Waals surface area (Å²) in [5, 5.41) is 5.82. The van der Waals surface area contributed by atoms with Crippen LogP contribution in [0, 0.1) is 0 Å². The second kappa shape index (κ2) is 6.43. The topological polar surface area (TPSA) is 91.9 Å². The monoisotopic (exact) mass is 320 g/mol. The Morgan fingerprint density at radius 3 is 3.00 bits per heavy atom. The molecule has 2 aliphatic rings. The SMILES string of the molecule is CN(C)CC1CNc2cccc(OC(=O)N[C@@H]3CONC3=O)c21. The molecule has 1 unspecified atom stereocenters. The van der Waals surface area contributed by atoms with Crippen LogP contribution in [-0.2, 0) is 9.63 Å². The number of fused-ring (bicyclic) bond motifs is 1. The highest BCUT2D eigenvalue weighted by Gasteiger charge is 2.30. The van der Waals surface area contributed by atoms with E-state index < -0.39 is 12.1 Å². The van der Waals surface area contributed by atoms with Gasteiger partial charge in [0.1, 0.15) is 18.4 Å². The second-order valence-corrected chi connectivity index (χ2v) is 5.92. The number of likely N-dealkylation sites (N-methyl/N-ethyl adjacent to an activating group) is 1. The molecule has 1 aromatic carbocycles. The molecule has 0 radical (unpaired) electrons. The first-order valence-corrected chi connectivity index (χ1v) is 7.46. The van der Waals surface area contributed by atoms with Crippen LogP contribution in [0.2, 0.25) is 0 Å². The lowest BCUT2D eigenvalue weighted by atomic mass is 10.00. The molecule has 23 heavy (non-hydrogen) atoms. The maximum Gasteiger partial charge on any atom is 0.413 e. The number of ether oxygens (including phenoxy) is 1. The van der Waals surface area contributed by atoms with Crippen molar-refractivity contribution in [3.8, 4) is 5.75 Å². The molecule has 124 valence electrons. The van der Waals surface area contributed by atoms with Crippen molar-refractivity contribution < 1.29 is 19.2 Å². The number of nitrogens with one attached hydrogen (secondary N) is 3. The summed E-state index contributed by atoms with van der Waals surface area (Å²) in [6, 6.07) is 4.83. The van der Waals surface area contributed by atoms with Crippen molar-refractivity contribution in [2.24, 2.45) is 0 Å². The lowest BCUT2D eigenvalue weighted by Gasteiger charge is -2.18. The first-order valence-electron chi connectivity index (χ1n) is 7.46. The molecule has 0 saturated carbocycles. The largest absolute Gasteiger partial charge is 0.413 e. The van der Waals surface area contributed by atoms with Gasteiger partial charge in [0.15, 0.2) is 0 Å². The number of benzene rings is 1.